The van der Waals surface area contributed by atoms with Gasteiger partial charge in [0.1, 0.15) is 17.3 Å². The van der Waals surface area contributed by atoms with Gasteiger partial charge in [-0.05, 0) is 49.4 Å². The summed E-state index contributed by atoms with van der Waals surface area (Å²) in [4.78, 5) is 16.9. The molecule has 0 saturated heterocycles. The first-order valence-corrected chi connectivity index (χ1v) is 11.5. The van der Waals surface area contributed by atoms with Crippen molar-refractivity contribution >= 4 is 37.3 Å². The van der Waals surface area contributed by atoms with E-state index < -0.39 is 21.5 Å². The number of carbonyl (C=O) groups excluding carboxylic acids is 1. The van der Waals surface area contributed by atoms with E-state index in [1.165, 1.54) is 42.7 Å². The molecule has 0 aliphatic carbocycles. The van der Waals surface area contributed by atoms with E-state index in [1.807, 2.05) is 25.1 Å². The molecule has 0 N–H and O–H groups in total. The normalized spacial score (nSPS) is 12.0. The van der Waals surface area contributed by atoms with Crippen molar-refractivity contribution in [1.82, 2.24) is 4.57 Å². The van der Waals surface area contributed by atoms with Crippen LogP contribution in [-0.2, 0) is 21.2 Å². The third-order valence-electron chi connectivity index (χ3n) is 4.17. The van der Waals surface area contributed by atoms with E-state index in [2.05, 4.69) is 10.9 Å². The quantitative estimate of drug-likeness (QED) is 0.523. The van der Waals surface area contributed by atoms with E-state index in [0.717, 1.165) is 10.2 Å². The Hall–Kier alpha value is -3.09. The van der Waals surface area contributed by atoms with Gasteiger partial charge < -0.3 is 14.0 Å². The molecule has 1 amide bonds. The topological polar surface area (TPSA) is 87.0 Å². The number of thiazole rings is 1. The second kappa shape index (κ2) is 9.15. The summed E-state index contributed by atoms with van der Waals surface area (Å²) in [6.07, 6.45) is 5.47. The third kappa shape index (κ3) is 4.72. The molecule has 0 atom stereocenters. The third-order valence-corrected chi connectivity index (χ3v) is 6.83. The Morgan fingerprint density at radius 1 is 1.20 bits per heavy atom. The molecule has 0 radical (unpaired) electrons. The van der Waals surface area contributed by atoms with Crippen LogP contribution in [0.25, 0.3) is 10.2 Å². The minimum atomic E-state index is -3.84. The number of ether oxygens (including phenoxy) is 2. The number of fused-ring (bicyclic) bond motifs is 1. The first kappa shape index (κ1) is 21.6. The van der Waals surface area contributed by atoms with Crippen molar-refractivity contribution < 1.29 is 22.7 Å². The number of carbonyl (C=O) groups is 1. The molecule has 0 unspecified atom stereocenters. The number of methoxy groups -OCH3 is 1. The van der Waals surface area contributed by atoms with Gasteiger partial charge in [-0.3, -0.25) is 4.79 Å². The van der Waals surface area contributed by atoms with Crippen molar-refractivity contribution in [2.75, 3.05) is 19.5 Å². The van der Waals surface area contributed by atoms with Crippen LogP contribution in [0.1, 0.15) is 6.92 Å². The molecule has 0 bridgehead atoms. The first-order chi connectivity index (χ1) is 14.4. The number of amides is 1. The first-order valence-electron chi connectivity index (χ1n) is 9.02. The molecule has 0 spiro atoms. The molecule has 9 heteroatoms. The molecule has 7 nitrogen and oxygen atoms in total. The number of sulfone groups is 1. The highest BCUT2D eigenvalue weighted by Crippen LogP contribution is 2.23. The number of nitrogens with zero attached hydrogens (tertiary/aromatic N) is 2. The molecule has 3 rings (SSSR count). The van der Waals surface area contributed by atoms with Gasteiger partial charge in [0.15, 0.2) is 14.6 Å². The second-order valence-electron chi connectivity index (χ2n) is 6.18. The number of rotatable bonds is 7. The van der Waals surface area contributed by atoms with Crippen LogP contribution in [0.5, 0.6) is 11.5 Å². The lowest BCUT2D eigenvalue weighted by molar-refractivity contribution is -0.115. The summed E-state index contributed by atoms with van der Waals surface area (Å²) in [5.74, 6) is 2.24. The average molecular weight is 445 g/mol. The van der Waals surface area contributed by atoms with E-state index in [1.54, 1.807) is 4.57 Å². The number of aromatic nitrogens is 1. The van der Waals surface area contributed by atoms with Crippen molar-refractivity contribution in [2.45, 2.75) is 18.4 Å². The van der Waals surface area contributed by atoms with E-state index in [0.29, 0.717) is 22.9 Å². The molecule has 1 aromatic heterocycles. The predicted octanol–water partition coefficient (Wildman–Crippen LogP) is 2.64. The Labute approximate surface area is 178 Å². The molecule has 0 saturated carbocycles. The predicted molar refractivity (Wildman–Crippen MR) is 115 cm³/mol. The Balaban J connectivity index is 1.95. The summed E-state index contributed by atoms with van der Waals surface area (Å²) in [5, 5.41) is 0. The zero-order valence-corrected chi connectivity index (χ0v) is 18.1. The summed E-state index contributed by atoms with van der Waals surface area (Å²) >= 11 is 1.25. The number of hydrogen-bond donors (Lipinski definition) is 0. The second-order valence-corrected chi connectivity index (χ2v) is 9.18. The minimum absolute atomic E-state index is 0.0287. The van der Waals surface area contributed by atoms with Crippen LogP contribution in [0.2, 0.25) is 0 Å². The molecule has 30 heavy (non-hydrogen) atoms. The van der Waals surface area contributed by atoms with Crippen LogP contribution >= 0.6 is 11.3 Å². The van der Waals surface area contributed by atoms with Crippen LogP contribution in [0, 0.1) is 12.3 Å². The standard InChI is InChI=1S/C21H20N2O5S2/c1-4-12-23-18-11-8-16(28-5-2)13-19(18)29-21(23)22-20(24)14-30(25,26)17-9-6-15(27-3)7-10-17/h1,6-11,13H,5,12,14H2,2-3H3. The molecular weight excluding hydrogens is 424 g/mol. The van der Waals surface area contributed by atoms with Gasteiger partial charge in [0.2, 0.25) is 0 Å². The summed E-state index contributed by atoms with van der Waals surface area (Å²) in [6.45, 7) is 2.62. The highest BCUT2D eigenvalue weighted by molar-refractivity contribution is 7.92. The van der Waals surface area contributed by atoms with Crippen molar-refractivity contribution in [3.8, 4) is 23.8 Å². The summed E-state index contributed by atoms with van der Waals surface area (Å²) in [6, 6.07) is 11.3. The van der Waals surface area contributed by atoms with Crippen LogP contribution in [-0.4, -0.2) is 38.4 Å². The minimum Gasteiger partial charge on any atom is -0.497 e. The highest BCUT2D eigenvalue weighted by atomic mass is 32.2. The summed E-state index contributed by atoms with van der Waals surface area (Å²) in [7, 11) is -2.35. The smallest absolute Gasteiger partial charge is 0.263 e. The van der Waals surface area contributed by atoms with E-state index >= 15 is 0 Å². The molecule has 0 fully saturated rings. The number of benzene rings is 2. The van der Waals surface area contributed by atoms with Gasteiger partial charge in [0.25, 0.3) is 5.91 Å². The van der Waals surface area contributed by atoms with Crippen LogP contribution in [0.3, 0.4) is 0 Å². The van der Waals surface area contributed by atoms with E-state index in [9.17, 15) is 13.2 Å². The number of hydrogen-bond acceptors (Lipinski definition) is 6. The molecule has 2 aromatic carbocycles. The summed E-state index contributed by atoms with van der Waals surface area (Å²) < 4.78 is 38.2. The van der Waals surface area contributed by atoms with Crippen LogP contribution in [0.15, 0.2) is 52.4 Å². The van der Waals surface area contributed by atoms with Crippen LogP contribution in [0.4, 0.5) is 0 Å². The Bertz CT molecular complexity index is 1280. The van der Waals surface area contributed by atoms with Gasteiger partial charge in [-0.15, -0.1) is 6.42 Å². The van der Waals surface area contributed by atoms with Crippen LogP contribution < -0.4 is 14.3 Å². The molecule has 3 aromatic rings. The monoisotopic (exact) mass is 444 g/mol. The zero-order valence-electron chi connectivity index (χ0n) is 16.5. The van der Waals surface area contributed by atoms with Gasteiger partial charge in [0, 0.05) is 0 Å². The fourth-order valence-corrected chi connectivity index (χ4v) is 4.99. The SMILES string of the molecule is C#CCn1c(=NC(=O)CS(=O)(=O)c2ccc(OC)cc2)sc2cc(OCC)ccc21. The lowest BCUT2D eigenvalue weighted by Gasteiger charge is -2.04. The van der Waals surface area contributed by atoms with Gasteiger partial charge in [-0.1, -0.05) is 17.3 Å². The average Bonchev–Trinajstić information content (AvgIpc) is 3.04. The van der Waals surface area contributed by atoms with Crippen molar-refractivity contribution in [3.63, 3.8) is 0 Å². The van der Waals surface area contributed by atoms with Crippen molar-refractivity contribution in [2.24, 2.45) is 4.99 Å². The molecule has 156 valence electrons. The van der Waals surface area contributed by atoms with Crippen molar-refractivity contribution in [1.29, 1.82) is 0 Å². The molecule has 0 aliphatic rings. The maximum absolute atomic E-state index is 12.6. The maximum atomic E-state index is 12.6. The van der Waals surface area contributed by atoms with E-state index in [-0.39, 0.29) is 11.4 Å². The maximum Gasteiger partial charge on any atom is 0.263 e. The zero-order chi connectivity index (χ0) is 21.7. The Morgan fingerprint density at radius 3 is 2.53 bits per heavy atom. The fraction of sp³-hybridized carbons (Fsp3) is 0.238. The Kier molecular flexibility index (Phi) is 6.59. The van der Waals surface area contributed by atoms with Crippen molar-refractivity contribution in [3.05, 3.63) is 47.3 Å². The largest absolute Gasteiger partial charge is 0.497 e. The molecular formula is C21H20N2O5S2. The van der Waals surface area contributed by atoms with Gasteiger partial charge in [-0.25, -0.2) is 8.42 Å². The Morgan fingerprint density at radius 2 is 1.90 bits per heavy atom. The molecule has 1 heterocycles. The van der Waals surface area contributed by atoms with Gasteiger partial charge in [0.05, 0.1) is 35.4 Å². The van der Waals surface area contributed by atoms with E-state index in [4.69, 9.17) is 15.9 Å². The lowest BCUT2D eigenvalue weighted by atomic mass is 10.3. The fourth-order valence-electron chi connectivity index (χ4n) is 2.81. The highest BCUT2D eigenvalue weighted by Gasteiger charge is 2.19. The lowest BCUT2D eigenvalue weighted by Crippen LogP contribution is -2.20. The summed E-state index contributed by atoms with van der Waals surface area (Å²) in [5.41, 5.74) is 0.797. The molecule has 0 aliphatic heterocycles. The van der Waals surface area contributed by atoms with Gasteiger partial charge >= 0.3 is 0 Å². The number of terminal acetylenes is 1. The van der Waals surface area contributed by atoms with Gasteiger partial charge in [-0.2, -0.15) is 4.99 Å².